The number of hydrogen-bond acceptors (Lipinski definition) is 4. The maximum absolute atomic E-state index is 11.8. The molecule has 6 heteroatoms. The van der Waals surface area contributed by atoms with Crippen LogP contribution in [0.15, 0.2) is 22.8 Å². The lowest BCUT2D eigenvalue weighted by Crippen LogP contribution is -2.05. The number of aromatic nitrogens is 2. The van der Waals surface area contributed by atoms with Crippen molar-refractivity contribution in [2.75, 3.05) is 20.8 Å². The number of fused-ring (bicyclic) bond motifs is 1. The standard InChI is InChI=1S/C13H15BrN2O3/c1-18-7-3-6-16-11-5-4-10(14)12(13(17)19-2)9(11)8-15-16/h4-5,8H,3,6-7H2,1-2H3. The van der Waals surface area contributed by atoms with Crippen LogP contribution in [-0.2, 0) is 16.0 Å². The number of benzene rings is 1. The van der Waals surface area contributed by atoms with Crippen molar-refractivity contribution in [1.82, 2.24) is 9.78 Å². The van der Waals surface area contributed by atoms with E-state index in [2.05, 4.69) is 21.0 Å². The van der Waals surface area contributed by atoms with Gasteiger partial charge >= 0.3 is 5.97 Å². The zero-order valence-corrected chi connectivity index (χ0v) is 12.4. The number of aryl methyl sites for hydroxylation is 1. The third-order valence-electron chi connectivity index (χ3n) is 2.88. The van der Waals surface area contributed by atoms with Crippen molar-refractivity contribution >= 4 is 32.8 Å². The van der Waals surface area contributed by atoms with Crippen LogP contribution < -0.4 is 0 Å². The molecular formula is C13H15BrN2O3. The van der Waals surface area contributed by atoms with Gasteiger partial charge in [0.05, 0.1) is 24.4 Å². The zero-order valence-electron chi connectivity index (χ0n) is 10.9. The Morgan fingerprint density at radius 1 is 1.42 bits per heavy atom. The second kappa shape index (κ2) is 6.16. The Labute approximate surface area is 119 Å². The minimum atomic E-state index is -0.367. The normalized spacial score (nSPS) is 10.9. The first-order valence-electron chi connectivity index (χ1n) is 5.90. The predicted molar refractivity (Wildman–Crippen MR) is 75.3 cm³/mol. The van der Waals surface area contributed by atoms with Gasteiger partial charge in [0.1, 0.15) is 0 Å². The van der Waals surface area contributed by atoms with Gasteiger partial charge in [-0.3, -0.25) is 4.68 Å². The summed E-state index contributed by atoms with van der Waals surface area (Å²) in [6, 6.07) is 3.77. The summed E-state index contributed by atoms with van der Waals surface area (Å²) in [5, 5.41) is 5.11. The van der Waals surface area contributed by atoms with Crippen LogP contribution in [0.2, 0.25) is 0 Å². The summed E-state index contributed by atoms with van der Waals surface area (Å²) in [6.45, 7) is 1.43. The van der Waals surface area contributed by atoms with Crippen LogP contribution in [-0.4, -0.2) is 36.6 Å². The smallest absolute Gasteiger partial charge is 0.339 e. The van der Waals surface area contributed by atoms with Gasteiger partial charge in [0.15, 0.2) is 0 Å². The topological polar surface area (TPSA) is 53.4 Å². The molecule has 5 nitrogen and oxygen atoms in total. The highest BCUT2D eigenvalue weighted by Gasteiger charge is 2.17. The first-order valence-corrected chi connectivity index (χ1v) is 6.69. The van der Waals surface area contributed by atoms with Crippen molar-refractivity contribution in [3.63, 3.8) is 0 Å². The molecule has 2 rings (SSSR count). The molecule has 0 bridgehead atoms. The molecule has 2 aromatic rings. The summed E-state index contributed by atoms with van der Waals surface area (Å²) in [7, 11) is 3.05. The minimum absolute atomic E-state index is 0.367. The number of esters is 1. The third-order valence-corrected chi connectivity index (χ3v) is 3.54. The fourth-order valence-electron chi connectivity index (χ4n) is 1.97. The lowest BCUT2D eigenvalue weighted by Gasteiger charge is -2.06. The van der Waals surface area contributed by atoms with Crippen molar-refractivity contribution in [2.45, 2.75) is 13.0 Å². The number of carbonyl (C=O) groups excluding carboxylic acids is 1. The third kappa shape index (κ3) is 2.79. The van der Waals surface area contributed by atoms with Gasteiger partial charge in [0, 0.05) is 30.1 Å². The molecule has 0 amide bonds. The Kier molecular flexibility index (Phi) is 4.55. The Morgan fingerprint density at radius 3 is 2.89 bits per heavy atom. The minimum Gasteiger partial charge on any atom is -0.465 e. The molecule has 0 saturated carbocycles. The average Bonchev–Trinajstić information content (AvgIpc) is 2.81. The van der Waals surface area contributed by atoms with Gasteiger partial charge in [0.2, 0.25) is 0 Å². The maximum Gasteiger partial charge on any atom is 0.339 e. The molecule has 0 unspecified atom stereocenters. The molecule has 0 aliphatic carbocycles. The van der Waals surface area contributed by atoms with Gasteiger partial charge in [-0.15, -0.1) is 0 Å². The summed E-state index contributed by atoms with van der Waals surface area (Å²) in [4.78, 5) is 11.8. The van der Waals surface area contributed by atoms with Crippen LogP contribution in [0.1, 0.15) is 16.8 Å². The second-order valence-corrected chi connectivity index (χ2v) is 4.92. The van der Waals surface area contributed by atoms with E-state index in [1.165, 1.54) is 7.11 Å². The molecule has 0 aliphatic rings. The highest BCUT2D eigenvalue weighted by molar-refractivity contribution is 9.10. The number of hydrogen-bond donors (Lipinski definition) is 0. The van der Waals surface area contributed by atoms with E-state index in [4.69, 9.17) is 9.47 Å². The average molecular weight is 327 g/mol. The van der Waals surface area contributed by atoms with E-state index in [-0.39, 0.29) is 5.97 Å². The molecule has 0 saturated heterocycles. The van der Waals surface area contributed by atoms with E-state index >= 15 is 0 Å². The molecule has 1 heterocycles. The van der Waals surface area contributed by atoms with Crippen LogP contribution in [0, 0.1) is 0 Å². The van der Waals surface area contributed by atoms with Crippen LogP contribution in [0.25, 0.3) is 10.9 Å². The Morgan fingerprint density at radius 2 is 2.21 bits per heavy atom. The lowest BCUT2D eigenvalue weighted by atomic mass is 10.1. The van der Waals surface area contributed by atoms with Crippen molar-refractivity contribution in [3.05, 3.63) is 28.4 Å². The van der Waals surface area contributed by atoms with Crippen LogP contribution in [0.5, 0.6) is 0 Å². The van der Waals surface area contributed by atoms with Crippen molar-refractivity contribution in [3.8, 4) is 0 Å². The van der Waals surface area contributed by atoms with Gasteiger partial charge in [-0.25, -0.2) is 4.79 Å². The van der Waals surface area contributed by atoms with E-state index in [0.29, 0.717) is 16.6 Å². The summed E-state index contributed by atoms with van der Waals surface area (Å²) in [5.41, 5.74) is 1.43. The summed E-state index contributed by atoms with van der Waals surface area (Å²) < 4.78 is 12.4. The Hall–Kier alpha value is -1.40. The first kappa shape index (κ1) is 14.0. The predicted octanol–water partition coefficient (Wildman–Crippen LogP) is 2.62. The van der Waals surface area contributed by atoms with Gasteiger partial charge in [0.25, 0.3) is 0 Å². The molecular weight excluding hydrogens is 312 g/mol. The Bertz CT molecular complexity index is 595. The molecule has 0 spiro atoms. The summed E-state index contributed by atoms with van der Waals surface area (Å²) in [5.74, 6) is -0.367. The fraction of sp³-hybridized carbons (Fsp3) is 0.385. The number of methoxy groups -OCH3 is 2. The molecule has 0 fully saturated rings. The SMILES string of the molecule is COCCCn1ncc2c(C(=O)OC)c(Br)ccc21. The van der Waals surface area contributed by atoms with E-state index < -0.39 is 0 Å². The number of nitrogens with zero attached hydrogens (tertiary/aromatic N) is 2. The highest BCUT2D eigenvalue weighted by atomic mass is 79.9. The van der Waals surface area contributed by atoms with Gasteiger partial charge in [-0.05, 0) is 34.5 Å². The molecule has 102 valence electrons. The summed E-state index contributed by atoms with van der Waals surface area (Å²) in [6.07, 6.45) is 2.57. The van der Waals surface area contributed by atoms with Crippen LogP contribution >= 0.6 is 15.9 Å². The largest absolute Gasteiger partial charge is 0.465 e. The molecule has 1 aromatic carbocycles. The number of carbonyl (C=O) groups is 1. The maximum atomic E-state index is 11.8. The fourth-order valence-corrected chi connectivity index (χ4v) is 2.48. The van der Waals surface area contributed by atoms with Crippen LogP contribution in [0.4, 0.5) is 0 Å². The van der Waals surface area contributed by atoms with Crippen molar-refractivity contribution in [2.24, 2.45) is 0 Å². The summed E-state index contributed by atoms with van der Waals surface area (Å²) >= 11 is 3.37. The van der Waals surface area contributed by atoms with Gasteiger partial charge in [-0.2, -0.15) is 5.10 Å². The van der Waals surface area contributed by atoms with E-state index in [1.807, 2.05) is 16.8 Å². The molecule has 0 radical (unpaired) electrons. The van der Waals surface area contributed by atoms with Gasteiger partial charge < -0.3 is 9.47 Å². The molecule has 1 aromatic heterocycles. The second-order valence-electron chi connectivity index (χ2n) is 4.06. The molecule has 0 aliphatic heterocycles. The Balaban J connectivity index is 2.42. The lowest BCUT2D eigenvalue weighted by molar-refractivity contribution is 0.0602. The molecule has 0 N–H and O–H groups in total. The first-order chi connectivity index (χ1) is 9.19. The van der Waals surface area contributed by atoms with Crippen LogP contribution in [0.3, 0.4) is 0 Å². The molecule has 0 atom stereocenters. The van der Waals surface area contributed by atoms with Crippen molar-refractivity contribution < 1.29 is 14.3 Å². The highest BCUT2D eigenvalue weighted by Crippen LogP contribution is 2.27. The number of rotatable bonds is 5. The van der Waals surface area contributed by atoms with E-state index in [0.717, 1.165) is 23.9 Å². The van der Waals surface area contributed by atoms with Gasteiger partial charge in [-0.1, -0.05) is 0 Å². The van der Waals surface area contributed by atoms with Crippen molar-refractivity contribution in [1.29, 1.82) is 0 Å². The quantitative estimate of drug-likeness (QED) is 0.626. The monoisotopic (exact) mass is 326 g/mol. The zero-order chi connectivity index (χ0) is 13.8. The number of ether oxygens (including phenoxy) is 2. The number of halogens is 1. The molecule has 19 heavy (non-hydrogen) atoms. The van der Waals surface area contributed by atoms with E-state index in [1.54, 1.807) is 13.3 Å². The van der Waals surface area contributed by atoms with E-state index in [9.17, 15) is 4.79 Å².